The molecule has 3 aromatic rings. The lowest BCUT2D eigenvalue weighted by atomic mass is 9.89. The fraction of sp³-hybridized carbons (Fsp3) is 0.558. The summed E-state index contributed by atoms with van der Waals surface area (Å²) < 4.78 is 46.3. The van der Waals surface area contributed by atoms with Crippen molar-refractivity contribution in [2.45, 2.75) is 129 Å². The number of likely N-dealkylation sites (N-methyl/N-ethyl adjacent to an activating group) is 2. The van der Waals surface area contributed by atoms with Gasteiger partial charge in [0, 0.05) is 45.5 Å². The zero-order valence-electron chi connectivity index (χ0n) is 41.6. The molecule has 16 heteroatoms. The highest BCUT2D eigenvalue weighted by molar-refractivity contribution is 7.89. The number of hydrogen-bond donors (Lipinski definition) is 2. The highest BCUT2D eigenvalue weighted by Gasteiger charge is 2.44. The number of ether oxygens (including phenoxy) is 3. The number of benzene rings is 3. The van der Waals surface area contributed by atoms with Crippen molar-refractivity contribution in [3.8, 4) is 11.1 Å². The first-order chi connectivity index (χ1) is 32.3. The number of amides is 5. The Morgan fingerprint density at radius 2 is 1.38 bits per heavy atom. The van der Waals surface area contributed by atoms with Crippen molar-refractivity contribution in [2.24, 2.45) is 23.7 Å². The van der Waals surface area contributed by atoms with Crippen LogP contribution in [0.25, 0.3) is 11.1 Å². The molecule has 2 N–H and O–H groups in total. The van der Waals surface area contributed by atoms with E-state index in [1.165, 1.54) is 19.1 Å². The smallest absolute Gasteiger partial charge is 0.411 e. The molecule has 0 saturated carbocycles. The third-order valence-corrected chi connectivity index (χ3v) is 15.0. The lowest BCUT2D eigenvalue weighted by Gasteiger charge is -2.41. The Labute approximate surface area is 403 Å². The van der Waals surface area contributed by atoms with E-state index in [9.17, 15) is 32.4 Å². The van der Waals surface area contributed by atoms with Crippen molar-refractivity contribution in [3.05, 3.63) is 95.6 Å². The zero-order valence-corrected chi connectivity index (χ0v) is 42.5. The monoisotopic (exact) mass is 960 g/mol. The highest BCUT2D eigenvalue weighted by atomic mass is 32.2. The molecule has 68 heavy (non-hydrogen) atoms. The molecule has 0 radical (unpaired) electrons. The second-order valence-corrected chi connectivity index (χ2v) is 20.7. The molecule has 1 aliphatic heterocycles. The molecule has 0 unspecified atom stereocenters. The van der Waals surface area contributed by atoms with E-state index < -0.39 is 76.3 Å². The number of carbonyl (C=O) groups excluding carboxylic acids is 5. The zero-order chi connectivity index (χ0) is 50.0. The van der Waals surface area contributed by atoms with Crippen molar-refractivity contribution in [1.82, 2.24) is 24.7 Å². The summed E-state index contributed by atoms with van der Waals surface area (Å²) in [6.07, 6.45) is -1.15. The van der Waals surface area contributed by atoms with Gasteiger partial charge >= 0.3 is 6.09 Å². The van der Waals surface area contributed by atoms with Crippen LogP contribution in [0.5, 0.6) is 0 Å². The van der Waals surface area contributed by atoms with Crippen LogP contribution in [0.3, 0.4) is 0 Å². The summed E-state index contributed by atoms with van der Waals surface area (Å²) in [5.41, 5.74) is 4.25. The fourth-order valence-corrected chi connectivity index (χ4v) is 11.2. The van der Waals surface area contributed by atoms with E-state index in [1.54, 1.807) is 61.0 Å². The quantitative estimate of drug-likeness (QED) is 0.107. The molecule has 5 amide bonds. The third kappa shape index (κ3) is 12.3. The van der Waals surface area contributed by atoms with Crippen molar-refractivity contribution in [1.29, 1.82) is 0 Å². The first kappa shape index (κ1) is 53.6. The van der Waals surface area contributed by atoms with Crippen LogP contribution in [0.1, 0.15) is 104 Å². The SMILES string of the molecule is CC[C@H](C)[C@@H]([C@@H](CC(=O)N1CCC[C@H]1[C@H](OC)[C@@H](C)C(=O)NS(=O)(=O)Cc1ccccc1)OC)N(C)C(=O)[C@@H](NC(=O)[C@H](C(C)C)N(CC)C(=O)OC1c2ccccc2-c2ccccc21)C(C)C. The molecule has 0 aromatic heterocycles. The van der Waals surface area contributed by atoms with Gasteiger partial charge in [-0.05, 0) is 54.2 Å². The number of hydrogen-bond acceptors (Lipinski definition) is 10. The van der Waals surface area contributed by atoms with E-state index in [0.717, 1.165) is 22.3 Å². The molecule has 372 valence electrons. The lowest BCUT2D eigenvalue weighted by molar-refractivity contribution is -0.148. The summed E-state index contributed by atoms with van der Waals surface area (Å²) in [7, 11) is 0.596. The van der Waals surface area contributed by atoms with Gasteiger partial charge in [0.15, 0.2) is 6.10 Å². The topological polar surface area (TPSA) is 181 Å². The minimum Gasteiger partial charge on any atom is -0.436 e. The fourth-order valence-electron chi connectivity index (χ4n) is 10.0. The molecule has 0 spiro atoms. The van der Waals surface area contributed by atoms with Gasteiger partial charge in [0.1, 0.15) is 12.1 Å². The first-order valence-electron chi connectivity index (χ1n) is 24.0. The summed E-state index contributed by atoms with van der Waals surface area (Å²) >= 11 is 0. The van der Waals surface area contributed by atoms with Crippen LogP contribution in [0.2, 0.25) is 0 Å². The van der Waals surface area contributed by atoms with Crippen molar-refractivity contribution >= 4 is 39.7 Å². The number of nitrogens with zero attached hydrogens (tertiary/aromatic N) is 3. The predicted molar refractivity (Wildman–Crippen MR) is 261 cm³/mol. The Balaban J connectivity index is 1.29. The summed E-state index contributed by atoms with van der Waals surface area (Å²) in [5, 5.41) is 3.02. The molecule has 3 aromatic carbocycles. The molecule has 1 fully saturated rings. The van der Waals surface area contributed by atoms with Gasteiger partial charge in [-0.15, -0.1) is 0 Å². The van der Waals surface area contributed by atoms with E-state index in [-0.39, 0.29) is 48.3 Å². The van der Waals surface area contributed by atoms with Gasteiger partial charge in [-0.1, -0.05) is 134 Å². The van der Waals surface area contributed by atoms with Crippen LogP contribution in [0.15, 0.2) is 78.9 Å². The maximum absolute atomic E-state index is 14.8. The second kappa shape index (κ2) is 23.8. The molecule has 15 nitrogen and oxygen atoms in total. The number of fused-ring (bicyclic) bond motifs is 3. The van der Waals surface area contributed by atoms with Gasteiger partial charge in [-0.2, -0.15) is 0 Å². The van der Waals surface area contributed by atoms with E-state index in [4.69, 9.17) is 14.2 Å². The Hall–Kier alpha value is -5.32. The van der Waals surface area contributed by atoms with Crippen molar-refractivity contribution in [2.75, 3.05) is 34.4 Å². The number of likely N-dealkylation sites (tertiary alicyclic amines) is 1. The van der Waals surface area contributed by atoms with E-state index >= 15 is 0 Å². The minimum absolute atomic E-state index is 0.0975. The average molecular weight is 960 g/mol. The van der Waals surface area contributed by atoms with Crippen LogP contribution in [0.4, 0.5) is 4.79 Å². The van der Waals surface area contributed by atoms with E-state index in [1.807, 2.05) is 90.1 Å². The average Bonchev–Trinajstić information content (AvgIpc) is 3.92. The molecule has 1 heterocycles. The van der Waals surface area contributed by atoms with Gasteiger partial charge in [0.05, 0.1) is 42.4 Å². The number of methoxy groups -OCH3 is 2. The number of nitrogens with one attached hydrogen (secondary N) is 2. The Bertz CT molecular complexity index is 2280. The molecule has 8 atom stereocenters. The van der Waals surface area contributed by atoms with Crippen molar-refractivity contribution in [3.63, 3.8) is 0 Å². The minimum atomic E-state index is -4.01. The number of sulfonamides is 1. The summed E-state index contributed by atoms with van der Waals surface area (Å²) in [6.45, 7) is 15.3. The molecule has 0 bridgehead atoms. The Morgan fingerprint density at radius 3 is 1.91 bits per heavy atom. The van der Waals surface area contributed by atoms with Gasteiger partial charge in [-0.25, -0.2) is 13.2 Å². The molecule has 5 rings (SSSR count). The maximum Gasteiger partial charge on any atom is 0.411 e. The van der Waals surface area contributed by atoms with Crippen LogP contribution >= 0.6 is 0 Å². The second-order valence-electron chi connectivity index (χ2n) is 18.9. The molecule has 1 aliphatic carbocycles. The largest absolute Gasteiger partial charge is 0.436 e. The van der Waals surface area contributed by atoms with Gasteiger partial charge in [0.25, 0.3) is 0 Å². The van der Waals surface area contributed by atoms with Crippen LogP contribution in [-0.2, 0) is 49.2 Å². The normalized spacial score (nSPS) is 17.8. The van der Waals surface area contributed by atoms with Crippen molar-refractivity contribution < 1.29 is 46.6 Å². The summed E-state index contributed by atoms with van der Waals surface area (Å²) in [5.74, 6) is -4.00. The van der Waals surface area contributed by atoms with E-state index in [0.29, 0.717) is 31.4 Å². The lowest BCUT2D eigenvalue weighted by Crippen LogP contribution is -2.60. The summed E-state index contributed by atoms with van der Waals surface area (Å²) in [4.78, 5) is 75.8. The van der Waals surface area contributed by atoms with Crippen LogP contribution in [-0.4, -0.2) is 124 Å². The standard InChI is InChI=1S/C52H73N5O10S/c1-12-34(7)46(42(65-10)30-43(58)57-29-21-28-41(57)47(66-11)35(8)49(59)54-68(63,64)31-36-22-15-14-16-23-36)55(9)51(61)44(32(3)4)53-50(60)45(33(5)6)56(13-2)52(62)67-48-39-26-19-17-24-37(39)38-25-18-20-27-40(38)48/h14-20,22-27,32-35,41-42,44-48H,12-13,21,28-31H2,1-11H3,(H,53,60)(H,54,59)/t34-,35+,41-,42+,44-,45-,46-,47+/m0/s1. The van der Waals surface area contributed by atoms with Gasteiger partial charge < -0.3 is 29.3 Å². The van der Waals surface area contributed by atoms with E-state index in [2.05, 4.69) is 10.0 Å². The van der Waals surface area contributed by atoms with Crippen LogP contribution in [0, 0.1) is 23.7 Å². The Kier molecular flexibility index (Phi) is 18.8. The van der Waals surface area contributed by atoms with Gasteiger partial charge in [-0.3, -0.25) is 28.8 Å². The maximum atomic E-state index is 14.8. The Morgan fingerprint density at radius 1 is 0.794 bits per heavy atom. The third-order valence-electron chi connectivity index (χ3n) is 13.8. The molecular formula is C52H73N5O10S. The first-order valence-corrected chi connectivity index (χ1v) is 25.6. The van der Waals surface area contributed by atoms with Crippen LogP contribution < -0.4 is 10.0 Å². The number of rotatable bonds is 22. The molecule has 2 aliphatic rings. The molecule has 1 saturated heterocycles. The number of carbonyl (C=O) groups is 5. The highest BCUT2D eigenvalue weighted by Crippen LogP contribution is 2.45. The predicted octanol–water partition coefficient (Wildman–Crippen LogP) is 6.95. The summed E-state index contributed by atoms with van der Waals surface area (Å²) in [6, 6.07) is 21.1. The van der Waals surface area contributed by atoms with Gasteiger partial charge in [0.2, 0.25) is 33.7 Å². The molecular weight excluding hydrogens is 887 g/mol.